The van der Waals surface area contributed by atoms with E-state index in [1.807, 2.05) is 36.1 Å². The first-order valence-corrected chi connectivity index (χ1v) is 10.4. The number of para-hydroxylation sites is 2. The number of carbonyl (C=O) groups is 2. The summed E-state index contributed by atoms with van der Waals surface area (Å²) in [7, 11) is 0. The molecule has 2 aromatic rings. The van der Waals surface area contributed by atoms with Crippen molar-refractivity contribution in [2.24, 2.45) is 0 Å². The van der Waals surface area contributed by atoms with Crippen LogP contribution in [0.4, 0.5) is 0 Å². The van der Waals surface area contributed by atoms with E-state index in [0.717, 1.165) is 29.9 Å². The maximum absolute atomic E-state index is 12.5. The molecule has 7 nitrogen and oxygen atoms in total. The van der Waals surface area contributed by atoms with E-state index in [2.05, 4.69) is 27.1 Å². The topological polar surface area (TPSA) is 81.3 Å². The lowest BCUT2D eigenvalue weighted by Crippen LogP contribution is -2.51. The minimum Gasteiger partial charge on any atom is -0.355 e. The number of thioether (sulfide) groups is 1. The van der Waals surface area contributed by atoms with Gasteiger partial charge in [0.05, 0.1) is 28.6 Å². The Morgan fingerprint density at radius 3 is 2.70 bits per heavy atom. The Morgan fingerprint density at radius 2 is 2.00 bits per heavy atom. The number of piperazine rings is 1. The van der Waals surface area contributed by atoms with Crippen LogP contribution in [0, 0.1) is 0 Å². The summed E-state index contributed by atoms with van der Waals surface area (Å²) in [5.74, 6) is 1.54. The second kappa shape index (κ2) is 9.23. The predicted molar refractivity (Wildman–Crippen MR) is 109 cm³/mol. The standard InChI is InChI=1S/C19H27N5O2S/c1-3-20-17(25)12-23-8-10-24(11-9-23)18(26)13-27-14(2)19-21-15-6-4-5-7-16(15)22-19/h4-7,14H,3,8-13H2,1-2H3,(H,20,25)(H,21,22). The van der Waals surface area contributed by atoms with Crippen molar-refractivity contribution in [3.8, 4) is 0 Å². The largest absolute Gasteiger partial charge is 0.355 e. The highest BCUT2D eigenvalue weighted by molar-refractivity contribution is 8.00. The monoisotopic (exact) mass is 389 g/mol. The summed E-state index contributed by atoms with van der Waals surface area (Å²) in [6.45, 7) is 7.89. The second-order valence-electron chi connectivity index (χ2n) is 6.70. The molecule has 2 heterocycles. The number of H-pyrrole nitrogens is 1. The lowest BCUT2D eigenvalue weighted by atomic mass is 10.3. The van der Waals surface area contributed by atoms with E-state index in [1.165, 1.54) is 0 Å². The molecule has 3 rings (SSSR count). The third-order valence-electron chi connectivity index (χ3n) is 4.72. The number of carbonyl (C=O) groups excluding carboxylic acids is 2. The fourth-order valence-electron chi connectivity index (χ4n) is 3.14. The number of likely N-dealkylation sites (N-methyl/N-ethyl adjacent to an activating group) is 1. The number of hydrogen-bond acceptors (Lipinski definition) is 5. The van der Waals surface area contributed by atoms with Crippen molar-refractivity contribution < 1.29 is 9.59 Å². The highest BCUT2D eigenvalue weighted by atomic mass is 32.2. The van der Waals surface area contributed by atoms with Crippen LogP contribution >= 0.6 is 11.8 Å². The molecule has 1 aliphatic heterocycles. The van der Waals surface area contributed by atoms with Gasteiger partial charge in [-0.05, 0) is 26.0 Å². The Labute approximate surface area is 163 Å². The summed E-state index contributed by atoms with van der Waals surface area (Å²) in [5.41, 5.74) is 1.98. The highest BCUT2D eigenvalue weighted by Gasteiger charge is 2.23. The number of aromatic amines is 1. The molecule has 27 heavy (non-hydrogen) atoms. The molecule has 1 aromatic heterocycles. The molecule has 1 saturated heterocycles. The van der Waals surface area contributed by atoms with Crippen molar-refractivity contribution >= 4 is 34.6 Å². The van der Waals surface area contributed by atoms with E-state index in [4.69, 9.17) is 0 Å². The van der Waals surface area contributed by atoms with Gasteiger partial charge in [-0.15, -0.1) is 11.8 Å². The molecule has 0 saturated carbocycles. The van der Waals surface area contributed by atoms with E-state index < -0.39 is 0 Å². The summed E-state index contributed by atoms with van der Waals surface area (Å²) < 4.78 is 0. The van der Waals surface area contributed by atoms with Crippen LogP contribution in [0.5, 0.6) is 0 Å². The molecule has 1 unspecified atom stereocenters. The summed E-state index contributed by atoms with van der Waals surface area (Å²) in [4.78, 5) is 36.1. The van der Waals surface area contributed by atoms with Crippen molar-refractivity contribution in [3.05, 3.63) is 30.1 Å². The Bertz CT molecular complexity index is 752. The maximum Gasteiger partial charge on any atom is 0.234 e. The van der Waals surface area contributed by atoms with Gasteiger partial charge in [-0.3, -0.25) is 14.5 Å². The lowest BCUT2D eigenvalue weighted by molar-refractivity contribution is -0.130. The third-order valence-corrected chi connectivity index (χ3v) is 5.85. The number of rotatable bonds is 7. The van der Waals surface area contributed by atoms with Crippen molar-refractivity contribution in [1.82, 2.24) is 25.1 Å². The highest BCUT2D eigenvalue weighted by Crippen LogP contribution is 2.28. The molecule has 0 spiro atoms. The van der Waals surface area contributed by atoms with Crippen LogP contribution in [0.1, 0.15) is 24.9 Å². The number of nitrogens with zero attached hydrogens (tertiary/aromatic N) is 3. The van der Waals surface area contributed by atoms with Crippen molar-refractivity contribution in [2.75, 3.05) is 45.0 Å². The molecule has 8 heteroatoms. The van der Waals surface area contributed by atoms with Crippen LogP contribution in [0.2, 0.25) is 0 Å². The van der Waals surface area contributed by atoms with Crippen molar-refractivity contribution in [2.45, 2.75) is 19.1 Å². The average Bonchev–Trinajstić information content (AvgIpc) is 3.11. The van der Waals surface area contributed by atoms with E-state index >= 15 is 0 Å². The molecule has 0 aliphatic carbocycles. The van der Waals surface area contributed by atoms with Gasteiger partial charge < -0.3 is 15.2 Å². The average molecular weight is 390 g/mol. The van der Waals surface area contributed by atoms with E-state index in [-0.39, 0.29) is 17.1 Å². The van der Waals surface area contributed by atoms with E-state index in [1.54, 1.807) is 11.8 Å². The zero-order valence-electron chi connectivity index (χ0n) is 15.9. The zero-order chi connectivity index (χ0) is 19.2. The van der Waals surface area contributed by atoms with E-state index in [0.29, 0.717) is 31.9 Å². The first-order chi connectivity index (χ1) is 13.1. The number of amides is 2. The normalized spacial score (nSPS) is 16.4. The first-order valence-electron chi connectivity index (χ1n) is 9.40. The SMILES string of the molecule is CCNC(=O)CN1CCN(C(=O)CSC(C)c2nc3ccccc3[nH]2)CC1. The fraction of sp³-hybridized carbons (Fsp3) is 0.526. The van der Waals surface area contributed by atoms with Gasteiger partial charge in [-0.1, -0.05) is 12.1 Å². The molecule has 1 aromatic carbocycles. The smallest absolute Gasteiger partial charge is 0.234 e. The molecular formula is C19H27N5O2S. The quantitative estimate of drug-likeness (QED) is 0.752. The van der Waals surface area contributed by atoms with Crippen molar-refractivity contribution in [3.63, 3.8) is 0 Å². The minimum atomic E-state index is 0.0486. The van der Waals surface area contributed by atoms with Crippen LogP contribution in [0.25, 0.3) is 11.0 Å². The fourth-order valence-corrected chi connectivity index (χ4v) is 3.99. The molecule has 146 valence electrons. The number of imidazole rings is 1. The Balaban J connectivity index is 1.43. The Kier molecular flexibility index (Phi) is 6.73. The molecule has 2 N–H and O–H groups in total. The zero-order valence-corrected chi connectivity index (χ0v) is 16.7. The molecule has 1 fully saturated rings. The predicted octanol–water partition coefficient (Wildman–Crippen LogP) is 1.64. The maximum atomic E-state index is 12.5. The second-order valence-corrected chi connectivity index (χ2v) is 8.03. The summed E-state index contributed by atoms with van der Waals surface area (Å²) in [6.07, 6.45) is 0. The van der Waals surface area contributed by atoms with Gasteiger partial charge in [-0.2, -0.15) is 0 Å². The Hall–Kier alpha value is -2.06. The molecular weight excluding hydrogens is 362 g/mol. The Morgan fingerprint density at radius 1 is 1.26 bits per heavy atom. The van der Waals surface area contributed by atoms with Gasteiger partial charge >= 0.3 is 0 Å². The minimum absolute atomic E-state index is 0.0486. The van der Waals surface area contributed by atoms with Crippen LogP contribution in [-0.4, -0.2) is 76.6 Å². The van der Waals surface area contributed by atoms with Gasteiger partial charge in [0.2, 0.25) is 11.8 Å². The first kappa shape index (κ1) is 19.7. The molecule has 2 amide bonds. The van der Waals surface area contributed by atoms with Gasteiger partial charge in [0, 0.05) is 32.7 Å². The van der Waals surface area contributed by atoms with Crippen LogP contribution in [0.15, 0.2) is 24.3 Å². The molecule has 0 radical (unpaired) electrons. The van der Waals surface area contributed by atoms with Crippen LogP contribution < -0.4 is 5.32 Å². The summed E-state index contributed by atoms with van der Waals surface area (Å²) >= 11 is 1.60. The third kappa shape index (κ3) is 5.23. The summed E-state index contributed by atoms with van der Waals surface area (Å²) in [6, 6.07) is 7.95. The van der Waals surface area contributed by atoms with Crippen molar-refractivity contribution in [1.29, 1.82) is 0 Å². The number of fused-ring (bicyclic) bond motifs is 1. The molecule has 0 bridgehead atoms. The molecule has 1 atom stereocenters. The van der Waals surface area contributed by atoms with Crippen LogP contribution in [0.3, 0.4) is 0 Å². The number of aromatic nitrogens is 2. The van der Waals surface area contributed by atoms with Crippen LogP contribution in [-0.2, 0) is 9.59 Å². The molecule has 1 aliphatic rings. The number of nitrogens with one attached hydrogen (secondary N) is 2. The van der Waals surface area contributed by atoms with Gasteiger partial charge in [0.1, 0.15) is 5.82 Å². The van der Waals surface area contributed by atoms with Gasteiger partial charge in [0.15, 0.2) is 0 Å². The summed E-state index contributed by atoms with van der Waals surface area (Å²) in [5, 5.41) is 2.94. The van der Waals surface area contributed by atoms with Gasteiger partial charge in [-0.25, -0.2) is 4.98 Å². The van der Waals surface area contributed by atoms with Gasteiger partial charge in [0.25, 0.3) is 0 Å². The van der Waals surface area contributed by atoms with E-state index in [9.17, 15) is 9.59 Å². The number of benzene rings is 1. The number of hydrogen-bond donors (Lipinski definition) is 2. The lowest BCUT2D eigenvalue weighted by Gasteiger charge is -2.34.